The number of hydrogen-bond acceptors (Lipinski definition) is 0. The predicted octanol–water partition coefficient (Wildman–Crippen LogP) is 2.37. The molecule has 2 atom stereocenters. The molecule has 1 nitrogen and oxygen atoms in total. The third kappa shape index (κ3) is 1.25. The number of quaternary nitrogens is 1. The van der Waals surface area contributed by atoms with Gasteiger partial charge in [0.1, 0.15) is 0 Å². The van der Waals surface area contributed by atoms with Crippen LogP contribution in [0.25, 0.3) is 0 Å². The van der Waals surface area contributed by atoms with Crippen LogP contribution in [0.2, 0.25) is 0 Å². The maximum Gasteiger partial charge on any atom is 0.0956 e. The Hall–Kier alpha value is -0.0400. The van der Waals surface area contributed by atoms with Crippen LogP contribution in [0.5, 0.6) is 0 Å². The Morgan fingerprint density at radius 2 is 1.79 bits per heavy atom. The van der Waals surface area contributed by atoms with Gasteiger partial charge in [0.05, 0.1) is 5.54 Å². The lowest BCUT2D eigenvalue weighted by Gasteiger charge is -2.59. The zero-order valence-electron chi connectivity index (χ0n) is 9.52. The van der Waals surface area contributed by atoms with Crippen molar-refractivity contribution in [1.29, 1.82) is 0 Å². The van der Waals surface area contributed by atoms with E-state index in [2.05, 4.69) is 12.7 Å². The van der Waals surface area contributed by atoms with E-state index in [9.17, 15) is 0 Å². The van der Waals surface area contributed by atoms with Crippen LogP contribution in [0.15, 0.2) is 0 Å². The Labute approximate surface area is 87.4 Å². The van der Waals surface area contributed by atoms with Crippen LogP contribution in [0.4, 0.5) is 0 Å². The molecule has 3 N–H and O–H groups in total. The molecule has 4 saturated carbocycles. The SMILES string of the molecule is CCCC12CC3CC(CC([NH3+])(C3)C1)C2. The molecule has 80 valence electrons. The molecule has 2 unspecified atom stereocenters. The maximum atomic E-state index is 4.56. The van der Waals surface area contributed by atoms with Gasteiger partial charge in [-0.05, 0) is 42.9 Å². The number of hydrogen-bond donors (Lipinski definition) is 1. The van der Waals surface area contributed by atoms with Gasteiger partial charge in [-0.2, -0.15) is 0 Å². The van der Waals surface area contributed by atoms with Gasteiger partial charge in [0.2, 0.25) is 0 Å². The highest BCUT2D eigenvalue weighted by Gasteiger charge is 2.57. The van der Waals surface area contributed by atoms with Gasteiger partial charge in [-0.1, -0.05) is 13.3 Å². The van der Waals surface area contributed by atoms with Crippen molar-refractivity contribution in [3.05, 3.63) is 0 Å². The van der Waals surface area contributed by atoms with Crippen molar-refractivity contribution in [2.75, 3.05) is 0 Å². The Balaban J connectivity index is 1.89. The second kappa shape index (κ2) is 2.75. The van der Waals surface area contributed by atoms with Crippen molar-refractivity contribution < 1.29 is 5.73 Å². The predicted molar refractivity (Wildman–Crippen MR) is 57.6 cm³/mol. The molecule has 0 aromatic rings. The van der Waals surface area contributed by atoms with Gasteiger partial charge in [0.25, 0.3) is 0 Å². The zero-order chi connectivity index (χ0) is 9.81. The summed E-state index contributed by atoms with van der Waals surface area (Å²) in [5, 5.41) is 0. The minimum atomic E-state index is 0.513. The second-order valence-corrected chi connectivity index (χ2v) is 6.71. The second-order valence-electron chi connectivity index (χ2n) is 6.71. The van der Waals surface area contributed by atoms with Crippen LogP contribution in [0, 0.1) is 17.3 Å². The lowest BCUT2D eigenvalue weighted by Crippen LogP contribution is -2.79. The van der Waals surface area contributed by atoms with E-state index in [1.165, 1.54) is 32.1 Å². The van der Waals surface area contributed by atoms with Crippen molar-refractivity contribution in [2.45, 2.75) is 63.8 Å². The summed E-state index contributed by atoms with van der Waals surface area (Å²) in [5.41, 5.74) is 5.82. The molecule has 4 fully saturated rings. The fourth-order valence-corrected chi connectivity index (χ4v) is 5.47. The van der Waals surface area contributed by atoms with E-state index >= 15 is 0 Å². The number of rotatable bonds is 2. The molecule has 0 aliphatic heterocycles. The largest absolute Gasteiger partial charge is 0.353 e. The highest BCUT2D eigenvalue weighted by atomic mass is 14.8. The van der Waals surface area contributed by atoms with Gasteiger partial charge in [0, 0.05) is 19.3 Å². The summed E-state index contributed by atoms with van der Waals surface area (Å²) in [6.07, 6.45) is 11.9. The maximum absolute atomic E-state index is 4.56. The Kier molecular flexibility index (Phi) is 1.81. The van der Waals surface area contributed by atoms with Crippen molar-refractivity contribution in [3.8, 4) is 0 Å². The summed E-state index contributed by atoms with van der Waals surface area (Å²) in [4.78, 5) is 0. The van der Waals surface area contributed by atoms with Gasteiger partial charge >= 0.3 is 0 Å². The molecule has 4 bridgehead atoms. The highest BCUT2D eigenvalue weighted by molar-refractivity contribution is 5.07. The molecular weight excluding hydrogens is 170 g/mol. The molecule has 1 heteroatoms. The van der Waals surface area contributed by atoms with Gasteiger partial charge in [-0.25, -0.2) is 0 Å². The lowest BCUT2D eigenvalue weighted by atomic mass is 9.46. The summed E-state index contributed by atoms with van der Waals surface area (Å²) < 4.78 is 0. The van der Waals surface area contributed by atoms with Crippen LogP contribution in [0.3, 0.4) is 0 Å². The molecule has 0 heterocycles. The lowest BCUT2D eigenvalue weighted by molar-refractivity contribution is -0.510. The van der Waals surface area contributed by atoms with Gasteiger partial charge in [0.15, 0.2) is 0 Å². The van der Waals surface area contributed by atoms with Crippen molar-refractivity contribution >= 4 is 0 Å². The standard InChI is InChI=1S/C13H23N/c1-2-3-12-5-10-4-11(6-12)8-13(14,7-10)9-12/h10-11H,2-9,14H2,1H3/p+1. The first-order valence-corrected chi connectivity index (χ1v) is 6.49. The molecule has 0 aromatic carbocycles. The van der Waals surface area contributed by atoms with E-state index in [4.69, 9.17) is 0 Å². The molecule has 14 heavy (non-hydrogen) atoms. The van der Waals surface area contributed by atoms with Crippen LogP contribution < -0.4 is 5.73 Å². The summed E-state index contributed by atoms with van der Waals surface area (Å²) >= 11 is 0. The van der Waals surface area contributed by atoms with Crippen LogP contribution >= 0.6 is 0 Å². The molecular formula is C13H24N+. The molecule has 4 rings (SSSR count). The molecule has 0 spiro atoms. The summed E-state index contributed by atoms with van der Waals surface area (Å²) in [6.45, 7) is 2.36. The molecule has 4 aliphatic carbocycles. The van der Waals surface area contributed by atoms with Crippen molar-refractivity contribution in [2.24, 2.45) is 17.3 Å². The van der Waals surface area contributed by atoms with Gasteiger partial charge < -0.3 is 5.73 Å². The first-order chi connectivity index (χ1) is 6.63. The zero-order valence-corrected chi connectivity index (χ0v) is 9.52. The van der Waals surface area contributed by atoms with E-state index < -0.39 is 0 Å². The minimum absolute atomic E-state index is 0.513. The first kappa shape index (κ1) is 9.21. The van der Waals surface area contributed by atoms with Crippen LogP contribution in [0.1, 0.15) is 58.3 Å². The third-order valence-corrected chi connectivity index (χ3v) is 5.08. The van der Waals surface area contributed by atoms with Crippen LogP contribution in [-0.2, 0) is 0 Å². The molecule has 0 amide bonds. The first-order valence-electron chi connectivity index (χ1n) is 6.49. The summed E-state index contributed by atoms with van der Waals surface area (Å²) in [6, 6.07) is 0. The molecule has 0 aromatic heterocycles. The van der Waals surface area contributed by atoms with E-state index in [0.29, 0.717) is 5.54 Å². The Morgan fingerprint density at radius 1 is 1.14 bits per heavy atom. The van der Waals surface area contributed by atoms with Crippen molar-refractivity contribution in [3.63, 3.8) is 0 Å². The normalized spacial score (nSPS) is 55.3. The van der Waals surface area contributed by atoms with E-state index in [0.717, 1.165) is 17.3 Å². The molecule has 4 aliphatic rings. The van der Waals surface area contributed by atoms with Crippen LogP contribution in [-0.4, -0.2) is 5.54 Å². The Morgan fingerprint density at radius 3 is 2.29 bits per heavy atom. The van der Waals surface area contributed by atoms with Gasteiger partial charge in [-0.3, -0.25) is 0 Å². The fourth-order valence-electron chi connectivity index (χ4n) is 5.47. The van der Waals surface area contributed by atoms with Crippen molar-refractivity contribution in [1.82, 2.24) is 0 Å². The third-order valence-electron chi connectivity index (χ3n) is 5.08. The quantitative estimate of drug-likeness (QED) is 0.699. The monoisotopic (exact) mass is 194 g/mol. The smallest absolute Gasteiger partial charge is 0.0956 e. The molecule has 0 saturated heterocycles. The summed E-state index contributed by atoms with van der Waals surface area (Å²) in [7, 11) is 0. The highest BCUT2D eigenvalue weighted by Crippen LogP contribution is 2.61. The average Bonchev–Trinajstić information content (AvgIpc) is 1.97. The minimum Gasteiger partial charge on any atom is -0.353 e. The van der Waals surface area contributed by atoms with E-state index in [1.807, 2.05) is 0 Å². The summed E-state index contributed by atoms with van der Waals surface area (Å²) in [5.74, 6) is 2.11. The van der Waals surface area contributed by atoms with E-state index in [1.54, 1.807) is 19.3 Å². The van der Waals surface area contributed by atoms with E-state index in [-0.39, 0.29) is 0 Å². The Bertz CT molecular complexity index is 232. The molecule has 0 radical (unpaired) electrons. The van der Waals surface area contributed by atoms with Gasteiger partial charge in [-0.15, -0.1) is 0 Å². The topological polar surface area (TPSA) is 27.6 Å². The average molecular weight is 194 g/mol. The fraction of sp³-hybridized carbons (Fsp3) is 1.00.